The maximum atomic E-state index is 12.5. The van der Waals surface area contributed by atoms with Crippen LogP contribution in [0.2, 0.25) is 0 Å². The van der Waals surface area contributed by atoms with E-state index in [1.807, 2.05) is 19.0 Å². The van der Waals surface area contributed by atoms with Crippen LogP contribution in [0.1, 0.15) is 22.3 Å². The molecule has 1 heterocycles. The van der Waals surface area contributed by atoms with Crippen molar-refractivity contribution in [3.63, 3.8) is 0 Å². The van der Waals surface area contributed by atoms with Gasteiger partial charge in [0.2, 0.25) is 0 Å². The maximum Gasteiger partial charge on any atom is 0.416 e. The van der Waals surface area contributed by atoms with Crippen molar-refractivity contribution in [1.82, 2.24) is 9.80 Å². The van der Waals surface area contributed by atoms with Crippen molar-refractivity contribution in [2.24, 2.45) is 0 Å². The van der Waals surface area contributed by atoms with E-state index >= 15 is 0 Å². The Kier molecular flexibility index (Phi) is 4.49. The molecule has 1 N–H and O–H groups in total. The van der Waals surface area contributed by atoms with Gasteiger partial charge in [-0.05, 0) is 44.8 Å². The van der Waals surface area contributed by atoms with Crippen molar-refractivity contribution in [3.8, 4) is 0 Å². The third-order valence-corrected chi connectivity index (χ3v) is 3.69. The molecule has 7 heteroatoms. The summed E-state index contributed by atoms with van der Waals surface area (Å²) in [5, 5.41) is 10.4. The predicted octanol–water partition coefficient (Wildman–Crippen LogP) is 1.84. The van der Waals surface area contributed by atoms with Crippen molar-refractivity contribution < 1.29 is 23.1 Å². The van der Waals surface area contributed by atoms with Gasteiger partial charge in [-0.2, -0.15) is 13.2 Å². The fourth-order valence-electron chi connectivity index (χ4n) is 2.73. The average Bonchev–Trinajstić information content (AvgIpc) is 2.78. The standard InChI is InChI=1S/C15H19F3N2O2/c1-19(2)9-14(22)7-8-20(10-14)13(21)11-3-5-12(6-4-11)15(16,17)18/h3-6,22H,7-10H2,1-2H3. The summed E-state index contributed by atoms with van der Waals surface area (Å²) >= 11 is 0. The number of carbonyl (C=O) groups is 1. The first-order valence-corrected chi connectivity index (χ1v) is 6.94. The molecule has 1 aromatic carbocycles. The molecule has 0 aromatic heterocycles. The van der Waals surface area contributed by atoms with Crippen molar-refractivity contribution in [2.75, 3.05) is 33.7 Å². The molecular formula is C15H19F3N2O2. The molecule has 0 saturated carbocycles. The number of likely N-dealkylation sites (tertiary alicyclic amines) is 1. The Morgan fingerprint density at radius 2 is 1.91 bits per heavy atom. The summed E-state index contributed by atoms with van der Waals surface area (Å²) < 4.78 is 37.5. The highest BCUT2D eigenvalue weighted by Gasteiger charge is 2.39. The van der Waals surface area contributed by atoms with Crippen LogP contribution >= 0.6 is 0 Å². The number of hydrogen-bond donors (Lipinski definition) is 1. The van der Waals surface area contributed by atoms with Crippen molar-refractivity contribution in [3.05, 3.63) is 35.4 Å². The van der Waals surface area contributed by atoms with Gasteiger partial charge in [0.1, 0.15) is 0 Å². The minimum absolute atomic E-state index is 0.186. The minimum Gasteiger partial charge on any atom is -0.387 e. The number of carbonyl (C=O) groups excluding carboxylic acids is 1. The second kappa shape index (κ2) is 5.89. The quantitative estimate of drug-likeness (QED) is 0.925. The fourth-order valence-corrected chi connectivity index (χ4v) is 2.73. The maximum absolute atomic E-state index is 12.5. The number of alkyl halides is 3. The van der Waals surface area contributed by atoms with E-state index in [0.717, 1.165) is 12.1 Å². The highest BCUT2D eigenvalue weighted by Crippen LogP contribution is 2.30. The number of nitrogens with zero attached hydrogens (tertiary/aromatic N) is 2. The highest BCUT2D eigenvalue weighted by molar-refractivity contribution is 5.94. The topological polar surface area (TPSA) is 43.8 Å². The molecule has 1 atom stereocenters. The second-order valence-corrected chi connectivity index (χ2v) is 6.01. The van der Waals surface area contributed by atoms with Gasteiger partial charge in [-0.15, -0.1) is 0 Å². The van der Waals surface area contributed by atoms with Gasteiger partial charge in [0.15, 0.2) is 0 Å². The number of likely N-dealkylation sites (N-methyl/N-ethyl adjacent to an activating group) is 1. The highest BCUT2D eigenvalue weighted by atomic mass is 19.4. The first-order chi connectivity index (χ1) is 10.1. The van der Waals surface area contributed by atoms with Crippen LogP contribution in [0.5, 0.6) is 0 Å². The Morgan fingerprint density at radius 3 is 2.41 bits per heavy atom. The van der Waals surface area contributed by atoms with E-state index in [4.69, 9.17) is 0 Å². The molecule has 0 radical (unpaired) electrons. The second-order valence-electron chi connectivity index (χ2n) is 6.01. The number of β-amino-alcohol motifs (C(OH)–C–C–N with tert-alkyl or cyclic N) is 1. The SMILES string of the molecule is CN(C)CC1(O)CCN(C(=O)c2ccc(C(F)(F)F)cc2)C1. The zero-order chi connectivity index (χ0) is 16.5. The third kappa shape index (κ3) is 3.78. The molecule has 122 valence electrons. The molecule has 1 aliphatic heterocycles. The van der Waals surface area contributed by atoms with Crippen LogP contribution in [0.25, 0.3) is 0 Å². The van der Waals surface area contributed by atoms with Crippen LogP contribution in [0.15, 0.2) is 24.3 Å². The lowest BCUT2D eigenvalue weighted by Gasteiger charge is -2.26. The summed E-state index contributed by atoms with van der Waals surface area (Å²) in [4.78, 5) is 15.6. The van der Waals surface area contributed by atoms with E-state index in [1.165, 1.54) is 17.0 Å². The molecule has 0 aliphatic carbocycles. The summed E-state index contributed by atoms with van der Waals surface area (Å²) in [6.07, 6.45) is -3.96. The molecule has 2 rings (SSSR count). The monoisotopic (exact) mass is 316 g/mol. The van der Waals surface area contributed by atoms with Gasteiger partial charge in [0, 0.05) is 18.7 Å². The molecule has 1 unspecified atom stereocenters. The van der Waals surface area contributed by atoms with Gasteiger partial charge < -0.3 is 14.9 Å². The van der Waals surface area contributed by atoms with Gasteiger partial charge in [0.05, 0.1) is 17.7 Å². The molecule has 1 aliphatic rings. The normalized spacial score (nSPS) is 22.4. The number of amides is 1. The smallest absolute Gasteiger partial charge is 0.387 e. The molecule has 22 heavy (non-hydrogen) atoms. The van der Waals surface area contributed by atoms with E-state index in [1.54, 1.807) is 0 Å². The van der Waals surface area contributed by atoms with Gasteiger partial charge in [-0.1, -0.05) is 0 Å². The lowest BCUT2D eigenvalue weighted by molar-refractivity contribution is -0.137. The summed E-state index contributed by atoms with van der Waals surface area (Å²) in [5.74, 6) is -0.358. The minimum atomic E-state index is -4.42. The number of aliphatic hydroxyl groups is 1. The Morgan fingerprint density at radius 1 is 1.32 bits per heavy atom. The van der Waals surface area contributed by atoms with Gasteiger partial charge in [0.25, 0.3) is 5.91 Å². The number of hydrogen-bond acceptors (Lipinski definition) is 3. The van der Waals surface area contributed by atoms with Crippen molar-refractivity contribution >= 4 is 5.91 Å². The Hall–Kier alpha value is -1.60. The zero-order valence-corrected chi connectivity index (χ0v) is 12.5. The van der Waals surface area contributed by atoms with Gasteiger partial charge >= 0.3 is 6.18 Å². The van der Waals surface area contributed by atoms with Crippen molar-refractivity contribution in [2.45, 2.75) is 18.2 Å². The van der Waals surface area contributed by atoms with Crippen LogP contribution in [0.4, 0.5) is 13.2 Å². The van der Waals surface area contributed by atoms with E-state index in [-0.39, 0.29) is 18.0 Å². The molecule has 1 saturated heterocycles. The first-order valence-electron chi connectivity index (χ1n) is 6.94. The van der Waals surface area contributed by atoms with E-state index in [0.29, 0.717) is 19.5 Å². The Balaban J connectivity index is 2.07. The largest absolute Gasteiger partial charge is 0.416 e. The number of rotatable bonds is 3. The zero-order valence-electron chi connectivity index (χ0n) is 12.5. The molecule has 1 aromatic rings. The lowest BCUT2D eigenvalue weighted by atomic mass is 10.0. The van der Waals surface area contributed by atoms with Gasteiger partial charge in [-0.25, -0.2) is 0 Å². The number of halogens is 3. The number of benzene rings is 1. The Labute approximate surface area is 127 Å². The lowest BCUT2D eigenvalue weighted by Crippen LogP contribution is -2.43. The Bertz CT molecular complexity index is 543. The van der Waals surface area contributed by atoms with Gasteiger partial charge in [-0.3, -0.25) is 4.79 Å². The van der Waals surface area contributed by atoms with E-state index in [2.05, 4.69) is 0 Å². The van der Waals surface area contributed by atoms with Crippen LogP contribution < -0.4 is 0 Å². The molecular weight excluding hydrogens is 297 g/mol. The summed E-state index contributed by atoms with van der Waals surface area (Å²) in [5.41, 5.74) is -1.55. The van der Waals surface area contributed by atoms with Crippen LogP contribution in [0.3, 0.4) is 0 Å². The molecule has 1 amide bonds. The molecule has 0 spiro atoms. The summed E-state index contributed by atoms with van der Waals surface area (Å²) in [6.45, 7) is 1.01. The first kappa shape index (κ1) is 16.8. The summed E-state index contributed by atoms with van der Waals surface area (Å²) in [6, 6.07) is 4.15. The van der Waals surface area contributed by atoms with Crippen molar-refractivity contribution in [1.29, 1.82) is 0 Å². The van der Waals surface area contributed by atoms with Crippen LogP contribution in [-0.2, 0) is 6.18 Å². The fraction of sp³-hybridized carbons (Fsp3) is 0.533. The molecule has 0 bridgehead atoms. The van der Waals surface area contributed by atoms with Crippen LogP contribution in [0, 0.1) is 0 Å². The van der Waals surface area contributed by atoms with E-state index in [9.17, 15) is 23.1 Å². The van der Waals surface area contributed by atoms with E-state index < -0.39 is 17.3 Å². The molecule has 4 nitrogen and oxygen atoms in total. The molecule has 1 fully saturated rings. The average molecular weight is 316 g/mol. The third-order valence-electron chi connectivity index (χ3n) is 3.69. The summed E-state index contributed by atoms with van der Waals surface area (Å²) in [7, 11) is 3.66. The predicted molar refractivity (Wildman–Crippen MR) is 75.5 cm³/mol. The van der Waals surface area contributed by atoms with Crippen LogP contribution in [-0.4, -0.2) is 60.1 Å².